The van der Waals surface area contributed by atoms with Gasteiger partial charge in [0.1, 0.15) is 10.8 Å². The second-order valence-electron chi connectivity index (χ2n) is 11.3. The van der Waals surface area contributed by atoms with Gasteiger partial charge in [-0.15, -0.1) is 11.3 Å². The van der Waals surface area contributed by atoms with Crippen molar-refractivity contribution in [1.82, 2.24) is 9.13 Å². The Morgan fingerprint density at radius 2 is 1.70 bits per heavy atom. The number of aromatic nitrogens is 2. The number of ether oxygens (including phenoxy) is 3. The summed E-state index contributed by atoms with van der Waals surface area (Å²) in [6.45, 7) is 11.6. The van der Waals surface area contributed by atoms with Gasteiger partial charge in [-0.2, -0.15) is 0 Å². The number of rotatable bonds is 7. The monoisotopic (exact) mass is 669 g/mol. The first kappa shape index (κ1) is 32.2. The predicted octanol–water partition coefficient (Wildman–Crippen LogP) is 5.83. The van der Waals surface area contributed by atoms with E-state index in [0.29, 0.717) is 31.9 Å². The van der Waals surface area contributed by atoms with Crippen LogP contribution in [0.1, 0.15) is 63.2 Å². The van der Waals surface area contributed by atoms with Crippen molar-refractivity contribution in [1.29, 1.82) is 0 Å². The number of fused-ring (bicyclic) bond motifs is 2. The Balaban J connectivity index is 1.58. The summed E-state index contributed by atoms with van der Waals surface area (Å²) in [5.74, 6) is -0.209. The van der Waals surface area contributed by atoms with Crippen molar-refractivity contribution in [2.45, 2.75) is 47.6 Å². The van der Waals surface area contributed by atoms with E-state index in [-0.39, 0.29) is 18.1 Å². The van der Waals surface area contributed by atoms with E-state index in [1.165, 1.54) is 29.8 Å². The van der Waals surface area contributed by atoms with Gasteiger partial charge in [-0.05, 0) is 81.8 Å². The van der Waals surface area contributed by atoms with Crippen LogP contribution in [-0.2, 0) is 14.3 Å². The van der Waals surface area contributed by atoms with Crippen molar-refractivity contribution in [3.63, 3.8) is 0 Å². The van der Waals surface area contributed by atoms with Crippen LogP contribution >= 0.6 is 22.7 Å². The highest BCUT2D eigenvalue weighted by Crippen LogP contribution is 2.38. The highest BCUT2D eigenvalue weighted by molar-refractivity contribution is 7.15. The molecule has 0 spiro atoms. The van der Waals surface area contributed by atoms with Crippen molar-refractivity contribution in [2.24, 2.45) is 4.99 Å². The van der Waals surface area contributed by atoms with Gasteiger partial charge in [0.05, 0.1) is 48.2 Å². The molecule has 0 saturated carbocycles. The minimum Gasteiger partial charge on any atom is -0.496 e. The fourth-order valence-electron chi connectivity index (χ4n) is 6.29. The molecule has 47 heavy (non-hydrogen) atoms. The fourth-order valence-corrected chi connectivity index (χ4v) is 8.59. The number of carbonyl (C=O) groups excluding carboxylic acids is 2. The molecule has 0 bridgehead atoms. The molecule has 3 aromatic heterocycles. The molecule has 1 aliphatic heterocycles. The van der Waals surface area contributed by atoms with Gasteiger partial charge >= 0.3 is 11.9 Å². The lowest BCUT2D eigenvalue weighted by Gasteiger charge is -2.26. The maximum Gasteiger partial charge on any atom is 0.341 e. The zero-order valence-electron chi connectivity index (χ0n) is 27.5. The summed E-state index contributed by atoms with van der Waals surface area (Å²) < 4.78 is 20.4. The van der Waals surface area contributed by atoms with Crippen LogP contribution in [-0.4, -0.2) is 41.9 Å². The first-order valence-electron chi connectivity index (χ1n) is 15.1. The maximum atomic E-state index is 14.4. The Hall–Kier alpha value is -4.74. The van der Waals surface area contributed by atoms with Crippen LogP contribution in [0.2, 0.25) is 0 Å². The first-order chi connectivity index (χ1) is 22.5. The van der Waals surface area contributed by atoms with Crippen molar-refractivity contribution in [3.05, 3.63) is 112 Å². The summed E-state index contributed by atoms with van der Waals surface area (Å²) in [6.07, 6.45) is 1.86. The second-order valence-corrected chi connectivity index (χ2v) is 13.5. The van der Waals surface area contributed by atoms with Gasteiger partial charge in [-0.1, -0.05) is 41.7 Å². The molecule has 0 unspecified atom stereocenters. The molecule has 9 nitrogen and oxygen atoms in total. The summed E-state index contributed by atoms with van der Waals surface area (Å²) in [6, 6.07) is 12.8. The lowest BCUT2D eigenvalue weighted by Crippen LogP contribution is -2.40. The number of thiophene rings is 1. The molecule has 0 amide bonds. The van der Waals surface area contributed by atoms with Crippen LogP contribution in [0, 0.1) is 27.7 Å². The molecule has 0 N–H and O–H groups in total. The number of hydrogen-bond donors (Lipinski definition) is 0. The normalized spacial score (nSPS) is 14.7. The number of hydrogen-bond acceptors (Lipinski definition) is 9. The Morgan fingerprint density at radius 3 is 2.38 bits per heavy atom. The third kappa shape index (κ3) is 5.23. The molecule has 0 aliphatic carbocycles. The van der Waals surface area contributed by atoms with Gasteiger partial charge in [0.2, 0.25) is 0 Å². The van der Waals surface area contributed by atoms with E-state index in [9.17, 15) is 14.4 Å². The molecule has 0 fully saturated rings. The second kappa shape index (κ2) is 12.5. The third-order valence-electron chi connectivity index (χ3n) is 8.67. The summed E-state index contributed by atoms with van der Waals surface area (Å²) >= 11 is 2.80. The minimum atomic E-state index is -0.768. The summed E-state index contributed by atoms with van der Waals surface area (Å²) in [5, 5.41) is 2.50. The summed E-state index contributed by atoms with van der Waals surface area (Å²) in [7, 11) is 3.00. The van der Waals surface area contributed by atoms with Crippen LogP contribution in [0.4, 0.5) is 0 Å². The molecule has 6 rings (SSSR count). The summed E-state index contributed by atoms with van der Waals surface area (Å²) in [4.78, 5) is 47.0. The predicted molar refractivity (Wildman–Crippen MR) is 185 cm³/mol. The molecular formula is C36H35N3O6S2. The van der Waals surface area contributed by atoms with E-state index < -0.39 is 12.0 Å². The van der Waals surface area contributed by atoms with Crippen molar-refractivity contribution < 1.29 is 23.8 Å². The van der Waals surface area contributed by atoms with Crippen molar-refractivity contribution >= 4 is 51.5 Å². The highest BCUT2D eigenvalue weighted by atomic mass is 32.1. The van der Waals surface area contributed by atoms with Gasteiger partial charge < -0.3 is 18.8 Å². The van der Waals surface area contributed by atoms with Crippen LogP contribution in [0.3, 0.4) is 0 Å². The molecule has 2 aromatic carbocycles. The SMILES string of the molecule is CCOC(=O)C1=C(C)N=c2s/c(=C\c3cc(C)n(-c4sc(C)c(C)c4C(=O)OC)c3C)c(=O)n2[C@@H]1c1ccc(OC)c2ccccc12. The Kier molecular flexibility index (Phi) is 8.54. The van der Waals surface area contributed by atoms with Gasteiger partial charge in [0.25, 0.3) is 5.56 Å². The van der Waals surface area contributed by atoms with Crippen molar-refractivity contribution in [3.8, 4) is 10.8 Å². The lowest BCUT2D eigenvalue weighted by atomic mass is 9.91. The maximum absolute atomic E-state index is 14.4. The molecule has 0 radical (unpaired) electrons. The molecule has 1 atom stereocenters. The van der Waals surface area contributed by atoms with E-state index in [2.05, 4.69) is 0 Å². The molecule has 4 heterocycles. The van der Waals surface area contributed by atoms with Crippen LogP contribution in [0.15, 0.2) is 63.5 Å². The van der Waals surface area contributed by atoms with Gasteiger partial charge in [0.15, 0.2) is 4.80 Å². The number of allylic oxidation sites excluding steroid dienone is 1. The zero-order valence-corrected chi connectivity index (χ0v) is 29.1. The van der Waals surface area contributed by atoms with E-state index in [1.807, 2.05) is 80.8 Å². The van der Waals surface area contributed by atoms with Gasteiger partial charge in [-0.25, -0.2) is 14.6 Å². The molecule has 242 valence electrons. The zero-order chi connectivity index (χ0) is 33.7. The number of nitrogens with zero attached hydrogens (tertiary/aromatic N) is 3. The molecule has 1 aliphatic rings. The number of aryl methyl sites for hydroxylation is 2. The van der Waals surface area contributed by atoms with Crippen LogP contribution in [0.5, 0.6) is 5.75 Å². The van der Waals surface area contributed by atoms with E-state index in [0.717, 1.165) is 48.7 Å². The molecule has 0 saturated heterocycles. The summed E-state index contributed by atoms with van der Waals surface area (Å²) in [5.41, 5.74) is 5.36. The number of carbonyl (C=O) groups is 2. The largest absolute Gasteiger partial charge is 0.496 e. The number of esters is 2. The first-order valence-corrected chi connectivity index (χ1v) is 16.8. The number of thiazole rings is 1. The van der Waals surface area contributed by atoms with Gasteiger partial charge in [-0.3, -0.25) is 9.36 Å². The average Bonchev–Trinajstić information content (AvgIpc) is 3.63. The molecular weight excluding hydrogens is 635 g/mol. The van der Waals surface area contributed by atoms with Crippen LogP contribution in [0.25, 0.3) is 21.8 Å². The topological polar surface area (TPSA) is 101 Å². The smallest absolute Gasteiger partial charge is 0.341 e. The van der Waals surface area contributed by atoms with E-state index in [4.69, 9.17) is 19.2 Å². The number of methoxy groups -OCH3 is 2. The average molecular weight is 670 g/mol. The Labute approximate surface area is 279 Å². The highest BCUT2D eigenvalue weighted by Gasteiger charge is 2.34. The molecule has 5 aromatic rings. The van der Waals surface area contributed by atoms with Gasteiger partial charge in [0, 0.05) is 21.7 Å². The number of benzene rings is 2. The fraction of sp³-hybridized carbons (Fsp3) is 0.278. The van der Waals surface area contributed by atoms with Crippen LogP contribution < -0.4 is 19.6 Å². The van der Waals surface area contributed by atoms with E-state index in [1.54, 1.807) is 25.5 Å². The Bertz CT molecular complexity index is 2320. The quantitative estimate of drug-likeness (QED) is 0.202. The molecule has 11 heteroatoms. The Morgan fingerprint density at radius 1 is 0.979 bits per heavy atom. The third-order valence-corrected chi connectivity index (χ3v) is 10.8. The standard InChI is InChI=1S/C36H35N3O6S2/c1-9-45-35(42)30-20(4)37-36-39(31(30)26-14-15-27(43-7)25-13-11-10-12-24(25)26)32(40)28(47-36)17-23-16-18(2)38(21(23)5)33-29(34(41)44-8)19(3)22(6)46-33/h10-17,31H,9H2,1-8H3/b28-17-/t31-/m1/s1. The lowest BCUT2D eigenvalue weighted by molar-refractivity contribution is -0.139. The minimum absolute atomic E-state index is 0.187. The van der Waals surface area contributed by atoms with Crippen molar-refractivity contribution in [2.75, 3.05) is 20.8 Å². The van der Waals surface area contributed by atoms with E-state index >= 15 is 0 Å².